The van der Waals surface area contributed by atoms with E-state index in [1.807, 2.05) is 13.8 Å². The van der Waals surface area contributed by atoms with E-state index in [-0.39, 0.29) is 17.8 Å². The highest BCUT2D eigenvalue weighted by Gasteiger charge is 2.28. The number of hydrogen-bond acceptors (Lipinski definition) is 4. The number of carbonyl (C=O) groups excluding carboxylic acids is 2. The van der Waals surface area contributed by atoms with Crippen LogP contribution in [0.4, 0.5) is 0 Å². The van der Waals surface area contributed by atoms with Crippen molar-refractivity contribution in [3.05, 3.63) is 29.6 Å². The summed E-state index contributed by atoms with van der Waals surface area (Å²) in [6.07, 6.45) is 3.00. The lowest BCUT2D eigenvalue weighted by atomic mass is 9.96. The van der Waals surface area contributed by atoms with Crippen LogP contribution < -0.4 is 0 Å². The number of carbonyl (C=O) groups is 2. The van der Waals surface area contributed by atoms with Gasteiger partial charge in [-0.1, -0.05) is 0 Å². The van der Waals surface area contributed by atoms with Crippen LogP contribution in [0.5, 0.6) is 0 Å². The lowest BCUT2D eigenvalue weighted by molar-refractivity contribution is -0.149. The van der Waals surface area contributed by atoms with Gasteiger partial charge in [-0.2, -0.15) is 0 Å². The van der Waals surface area contributed by atoms with E-state index in [9.17, 15) is 9.59 Å². The fourth-order valence-corrected chi connectivity index (χ4v) is 2.44. The summed E-state index contributed by atoms with van der Waals surface area (Å²) in [7, 11) is 0. The van der Waals surface area contributed by atoms with Crippen LogP contribution in [0.15, 0.2) is 18.3 Å². The predicted molar refractivity (Wildman–Crippen MR) is 74.2 cm³/mol. The van der Waals surface area contributed by atoms with Crippen LogP contribution in [0, 0.1) is 12.8 Å². The number of aryl methyl sites for hydroxylation is 1. The van der Waals surface area contributed by atoms with Gasteiger partial charge in [-0.15, -0.1) is 0 Å². The van der Waals surface area contributed by atoms with Gasteiger partial charge in [0.2, 0.25) is 0 Å². The van der Waals surface area contributed by atoms with Crippen LogP contribution in [0.1, 0.15) is 35.8 Å². The zero-order valence-electron chi connectivity index (χ0n) is 12.0. The van der Waals surface area contributed by atoms with Gasteiger partial charge < -0.3 is 9.64 Å². The molecule has 1 amide bonds. The van der Waals surface area contributed by atoms with E-state index in [1.54, 1.807) is 23.2 Å². The Morgan fingerprint density at radius 3 is 2.70 bits per heavy atom. The molecule has 1 aliphatic rings. The Balaban J connectivity index is 1.93. The average Bonchev–Trinajstić information content (AvgIpc) is 2.47. The number of hydrogen-bond donors (Lipinski definition) is 0. The van der Waals surface area contributed by atoms with E-state index < -0.39 is 0 Å². The first-order valence-corrected chi connectivity index (χ1v) is 7.00. The molecule has 0 unspecified atom stereocenters. The standard InChI is InChI=1S/C15H20N2O3/c1-3-20-15(19)12-5-8-17(9-6-12)14(18)13-4-7-16-11(2)10-13/h4,7,10,12H,3,5-6,8-9H2,1-2H3. The van der Waals surface area contributed by atoms with Crippen LogP contribution in [-0.4, -0.2) is 41.5 Å². The van der Waals surface area contributed by atoms with Gasteiger partial charge in [0.15, 0.2) is 0 Å². The Morgan fingerprint density at radius 1 is 1.40 bits per heavy atom. The molecule has 5 nitrogen and oxygen atoms in total. The SMILES string of the molecule is CCOC(=O)C1CCN(C(=O)c2ccnc(C)c2)CC1. The van der Waals surface area contributed by atoms with E-state index in [4.69, 9.17) is 4.74 Å². The third-order valence-electron chi connectivity index (χ3n) is 3.55. The molecule has 0 spiro atoms. The van der Waals surface area contributed by atoms with Crippen molar-refractivity contribution < 1.29 is 14.3 Å². The van der Waals surface area contributed by atoms with Gasteiger partial charge in [0.25, 0.3) is 5.91 Å². The number of nitrogens with zero attached hydrogens (tertiary/aromatic N) is 2. The first-order chi connectivity index (χ1) is 9.61. The second-order valence-electron chi connectivity index (χ2n) is 5.00. The number of likely N-dealkylation sites (tertiary alicyclic amines) is 1. The Morgan fingerprint density at radius 2 is 2.10 bits per heavy atom. The van der Waals surface area contributed by atoms with Gasteiger partial charge >= 0.3 is 5.97 Å². The highest BCUT2D eigenvalue weighted by Crippen LogP contribution is 2.20. The molecule has 0 aromatic carbocycles. The Hall–Kier alpha value is -1.91. The third-order valence-corrected chi connectivity index (χ3v) is 3.55. The van der Waals surface area contributed by atoms with Crippen molar-refractivity contribution in [2.45, 2.75) is 26.7 Å². The summed E-state index contributed by atoms with van der Waals surface area (Å²) in [5, 5.41) is 0. The van der Waals surface area contributed by atoms with Crippen molar-refractivity contribution in [3.8, 4) is 0 Å². The van der Waals surface area contributed by atoms with Crippen molar-refractivity contribution in [2.24, 2.45) is 5.92 Å². The summed E-state index contributed by atoms with van der Waals surface area (Å²) in [5.74, 6) is -0.199. The first kappa shape index (κ1) is 14.5. The Kier molecular flexibility index (Phi) is 4.71. The van der Waals surface area contributed by atoms with Crippen LogP contribution >= 0.6 is 0 Å². The molecule has 2 heterocycles. The molecule has 5 heteroatoms. The molecule has 1 aromatic rings. The number of rotatable bonds is 3. The maximum absolute atomic E-state index is 12.3. The number of pyridine rings is 1. The van der Waals surface area contributed by atoms with Crippen molar-refractivity contribution in [1.29, 1.82) is 0 Å². The van der Waals surface area contributed by atoms with E-state index in [2.05, 4.69) is 4.98 Å². The molecule has 108 valence electrons. The first-order valence-electron chi connectivity index (χ1n) is 7.00. The third kappa shape index (κ3) is 3.35. The maximum Gasteiger partial charge on any atom is 0.309 e. The van der Waals surface area contributed by atoms with Crippen molar-refractivity contribution >= 4 is 11.9 Å². The summed E-state index contributed by atoms with van der Waals surface area (Å²) in [4.78, 5) is 29.9. The molecule has 0 bridgehead atoms. The zero-order chi connectivity index (χ0) is 14.5. The summed E-state index contributed by atoms with van der Waals surface area (Å²) in [5.41, 5.74) is 1.49. The molecule has 0 N–H and O–H groups in total. The van der Waals surface area contributed by atoms with Gasteiger partial charge in [0, 0.05) is 30.5 Å². The van der Waals surface area contributed by atoms with Gasteiger partial charge in [-0.3, -0.25) is 14.6 Å². The van der Waals surface area contributed by atoms with Crippen LogP contribution in [-0.2, 0) is 9.53 Å². The molecular weight excluding hydrogens is 256 g/mol. The molecule has 0 aliphatic carbocycles. The lowest BCUT2D eigenvalue weighted by Gasteiger charge is -2.31. The molecule has 1 aromatic heterocycles. The van der Waals surface area contributed by atoms with E-state index >= 15 is 0 Å². The highest BCUT2D eigenvalue weighted by molar-refractivity contribution is 5.94. The number of aromatic nitrogens is 1. The normalized spacial score (nSPS) is 16.0. The second kappa shape index (κ2) is 6.50. The van der Waals surface area contributed by atoms with Crippen LogP contribution in [0.2, 0.25) is 0 Å². The molecule has 0 saturated carbocycles. The highest BCUT2D eigenvalue weighted by atomic mass is 16.5. The van der Waals surface area contributed by atoms with Crippen molar-refractivity contribution in [2.75, 3.05) is 19.7 Å². The summed E-state index contributed by atoms with van der Waals surface area (Å²) >= 11 is 0. The second-order valence-corrected chi connectivity index (χ2v) is 5.00. The Bertz CT molecular complexity index is 494. The van der Waals surface area contributed by atoms with Crippen molar-refractivity contribution in [1.82, 2.24) is 9.88 Å². The lowest BCUT2D eigenvalue weighted by Crippen LogP contribution is -2.40. The monoisotopic (exact) mass is 276 g/mol. The molecule has 1 aliphatic heterocycles. The quantitative estimate of drug-likeness (QED) is 0.790. The summed E-state index contributed by atoms with van der Waals surface area (Å²) < 4.78 is 5.03. The van der Waals surface area contributed by atoms with E-state index in [1.165, 1.54) is 0 Å². The zero-order valence-corrected chi connectivity index (χ0v) is 12.0. The molecule has 0 radical (unpaired) electrons. The van der Waals surface area contributed by atoms with Gasteiger partial charge in [0.1, 0.15) is 0 Å². The maximum atomic E-state index is 12.3. The number of amides is 1. The fourth-order valence-electron chi connectivity index (χ4n) is 2.44. The van der Waals surface area contributed by atoms with Crippen molar-refractivity contribution in [3.63, 3.8) is 0 Å². The summed E-state index contributed by atoms with van der Waals surface area (Å²) in [6, 6.07) is 3.52. The minimum Gasteiger partial charge on any atom is -0.466 e. The molecular formula is C15H20N2O3. The average molecular weight is 276 g/mol. The van der Waals surface area contributed by atoms with E-state index in [0.717, 1.165) is 5.69 Å². The molecule has 1 fully saturated rings. The van der Waals surface area contributed by atoms with Gasteiger partial charge in [-0.25, -0.2) is 0 Å². The number of ether oxygens (including phenoxy) is 1. The minimum atomic E-state index is -0.139. The number of esters is 1. The predicted octanol–water partition coefficient (Wildman–Crippen LogP) is 1.81. The topological polar surface area (TPSA) is 59.5 Å². The van der Waals surface area contributed by atoms with Gasteiger partial charge in [0.05, 0.1) is 12.5 Å². The molecule has 20 heavy (non-hydrogen) atoms. The summed E-state index contributed by atoms with van der Waals surface area (Å²) in [6.45, 7) is 5.29. The minimum absolute atomic E-state index is 0.0119. The van der Waals surface area contributed by atoms with Crippen LogP contribution in [0.3, 0.4) is 0 Å². The smallest absolute Gasteiger partial charge is 0.309 e. The van der Waals surface area contributed by atoms with E-state index in [0.29, 0.717) is 38.1 Å². The number of piperidine rings is 1. The molecule has 1 saturated heterocycles. The molecule has 0 atom stereocenters. The fraction of sp³-hybridized carbons (Fsp3) is 0.533. The van der Waals surface area contributed by atoms with Gasteiger partial charge in [-0.05, 0) is 38.8 Å². The Labute approximate surface area is 118 Å². The molecule has 2 rings (SSSR count). The largest absolute Gasteiger partial charge is 0.466 e. The van der Waals surface area contributed by atoms with Crippen LogP contribution in [0.25, 0.3) is 0 Å².